The minimum absolute atomic E-state index is 0.791. The fourth-order valence-electron chi connectivity index (χ4n) is 2.67. The molecule has 2 saturated carbocycles. The van der Waals surface area contributed by atoms with Gasteiger partial charge in [-0.3, -0.25) is 0 Å². The quantitative estimate of drug-likeness (QED) is 0.887. The highest BCUT2D eigenvalue weighted by molar-refractivity contribution is 9.10. The Labute approximate surface area is 106 Å². The highest BCUT2D eigenvalue weighted by Gasteiger charge is 2.32. The van der Waals surface area contributed by atoms with Crippen molar-refractivity contribution >= 4 is 15.9 Å². The number of rotatable bonds is 3. The number of hydrogen-bond donors (Lipinski definition) is 1. The van der Waals surface area contributed by atoms with Crippen molar-refractivity contribution in [3.05, 3.63) is 34.3 Å². The predicted molar refractivity (Wildman–Crippen MR) is 70.7 cm³/mol. The molecular weight excluding hydrogens is 262 g/mol. The third kappa shape index (κ3) is 2.18. The average molecular weight is 280 g/mol. The molecule has 1 N–H and O–H groups in total. The molecule has 0 aliphatic heterocycles. The highest BCUT2D eigenvalue weighted by Crippen LogP contribution is 2.38. The van der Waals surface area contributed by atoms with Gasteiger partial charge in [-0.2, -0.15) is 0 Å². The standard InChI is InChI=1S/C14H18BrN/c15-12-6-4-10(5-7-12)11-8-14(9-11)16-13-2-1-3-13/h4-7,11,13-14,16H,1-3,8-9H2. The van der Waals surface area contributed by atoms with Crippen LogP contribution in [0.4, 0.5) is 0 Å². The summed E-state index contributed by atoms with van der Waals surface area (Å²) >= 11 is 3.48. The molecule has 16 heavy (non-hydrogen) atoms. The molecule has 3 rings (SSSR count). The Morgan fingerprint density at radius 1 is 1.00 bits per heavy atom. The summed E-state index contributed by atoms with van der Waals surface area (Å²) in [7, 11) is 0. The Kier molecular flexibility index (Phi) is 3.03. The van der Waals surface area contributed by atoms with Crippen molar-refractivity contribution in [2.24, 2.45) is 0 Å². The van der Waals surface area contributed by atoms with Gasteiger partial charge in [-0.05, 0) is 49.3 Å². The Morgan fingerprint density at radius 3 is 2.25 bits per heavy atom. The molecule has 0 heterocycles. The molecule has 1 aromatic rings. The SMILES string of the molecule is Brc1ccc(C2CC(NC3CCC3)C2)cc1. The molecule has 0 amide bonds. The van der Waals surface area contributed by atoms with Crippen LogP contribution in [0.15, 0.2) is 28.7 Å². The summed E-state index contributed by atoms with van der Waals surface area (Å²) in [5.74, 6) is 0.797. The van der Waals surface area contributed by atoms with Crippen molar-refractivity contribution < 1.29 is 0 Å². The Bertz CT molecular complexity index is 350. The Morgan fingerprint density at radius 2 is 1.69 bits per heavy atom. The van der Waals surface area contributed by atoms with Gasteiger partial charge in [0.2, 0.25) is 0 Å². The Hall–Kier alpha value is -0.340. The maximum Gasteiger partial charge on any atom is 0.0175 e. The van der Waals surface area contributed by atoms with Crippen LogP contribution in [-0.2, 0) is 0 Å². The van der Waals surface area contributed by atoms with E-state index in [0.717, 1.165) is 18.0 Å². The van der Waals surface area contributed by atoms with Gasteiger partial charge < -0.3 is 5.32 Å². The molecule has 0 unspecified atom stereocenters. The van der Waals surface area contributed by atoms with Gasteiger partial charge in [0, 0.05) is 16.6 Å². The average Bonchev–Trinajstić information content (AvgIpc) is 2.15. The molecule has 2 aliphatic rings. The summed E-state index contributed by atoms with van der Waals surface area (Å²) in [5, 5.41) is 3.75. The van der Waals surface area contributed by atoms with E-state index >= 15 is 0 Å². The van der Waals surface area contributed by atoms with Gasteiger partial charge in [-0.15, -0.1) is 0 Å². The number of nitrogens with one attached hydrogen (secondary N) is 1. The van der Waals surface area contributed by atoms with E-state index in [0.29, 0.717) is 0 Å². The van der Waals surface area contributed by atoms with Gasteiger partial charge in [0.15, 0.2) is 0 Å². The van der Waals surface area contributed by atoms with E-state index in [9.17, 15) is 0 Å². The zero-order valence-electron chi connectivity index (χ0n) is 9.45. The van der Waals surface area contributed by atoms with E-state index in [1.54, 1.807) is 0 Å². The summed E-state index contributed by atoms with van der Waals surface area (Å²) in [6.07, 6.45) is 6.90. The van der Waals surface area contributed by atoms with Crippen LogP contribution >= 0.6 is 15.9 Å². The first-order valence-electron chi connectivity index (χ1n) is 6.33. The largest absolute Gasteiger partial charge is 0.311 e. The lowest BCUT2D eigenvalue weighted by Gasteiger charge is -2.41. The summed E-state index contributed by atoms with van der Waals surface area (Å²) in [6, 6.07) is 10.5. The zero-order valence-corrected chi connectivity index (χ0v) is 11.0. The van der Waals surface area contributed by atoms with E-state index in [-0.39, 0.29) is 0 Å². The lowest BCUT2D eigenvalue weighted by molar-refractivity contribution is 0.220. The lowest BCUT2D eigenvalue weighted by Crippen LogP contribution is -2.48. The van der Waals surface area contributed by atoms with E-state index in [4.69, 9.17) is 0 Å². The molecule has 1 aromatic carbocycles. The van der Waals surface area contributed by atoms with Crippen molar-refractivity contribution in [1.82, 2.24) is 5.32 Å². The summed E-state index contributed by atoms with van der Waals surface area (Å²) in [6.45, 7) is 0. The number of hydrogen-bond acceptors (Lipinski definition) is 1. The Balaban J connectivity index is 1.50. The summed E-state index contributed by atoms with van der Waals surface area (Å²) in [5.41, 5.74) is 1.51. The first-order chi connectivity index (χ1) is 7.81. The normalized spacial score (nSPS) is 29.6. The highest BCUT2D eigenvalue weighted by atomic mass is 79.9. The molecule has 86 valence electrons. The van der Waals surface area contributed by atoms with E-state index in [2.05, 4.69) is 45.5 Å². The molecule has 0 spiro atoms. The van der Waals surface area contributed by atoms with Crippen molar-refractivity contribution in [2.75, 3.05) is 0 Å². The lowest BCUT2D eigenvalue weighted by atomic mass is 9.75. The van der Waals surface area contributed by atoms with E-state index in [1.807, 2.05) is 0 Å². The van der Waals surface area contributed by atoms with Gasteiger partial charge in [0.1, 0.15) is 0 Å². The van der Waals surface area contributed by atoms with Crippen LogP contribution in [0.2, 0.25) is 0 Å². The smallest absolute Gasteiger partial charge is 0.0175 e. The van der Waals surface area contributed by atoms with Crippen LogP contribution in [0.5, 0.6) is 0 Å². The fraction of sp³-hybridized carbons (Fsp3) is 0.571. The van der Waals surface area contributed by atoms with Gasteiger partial charge in [0.05, 0.1) is 0 Å². The minimum atomic E-state index is 0.791. The van der Waals surface area contributed by atoms with Crippen LogP contribution in [0.25, 0.3) is 0 Å². The van der Waals surface area contributed by atoms with E-state index < -0.39 is 0 Å². The van der Waals surface area contributed by atoms with Crippen LogP contribution in [0.3, 0.4) is 0 Å². The van der Waals surface area contributed by atoms with Crippen LogP contribution in [0, 0.1) is 0 Å². The monoisotopic (exact) mass is 279 g/mol. The zero-order chi connectivity index (χ0) is 11.0. The molecule has 0 radical (unpaired) electrons. The fourth-order valence-corrected chi connectivity index (χ4v) is 2.93. The molecule has 0 bridgehead atoms. The maximum absolute atomic E-state index is 3.75. The molecule has 0 aromatic heterocycles. The predicted octanol–water partition coefficient (Wildman–Crippen LogP) is 3.84. The minimum Gasteiger partial charge on any atom is -0.311 e. The van der Waals surface area contributed by atoms with Gasteiger partial charge in [-0.1, -0.05) is 34.5 Å². The second kappa shape index (κ2) is 4.50. The molecule has 1 nitrogen and oxygen atoms in total. The molecular formula is C14H18BrN. The molecule has 0 saturated heterocycles. The third-order valence-electron chi connectivity index (χ3n) is 4.06. The van der Waals surface area contributed by atoms with Crippen LogP contribution in [-0.4, -0.2) is 12.1 Å². The summed E-state index contributed by atoms with van der Waals surface area (Å²) in [4.78, 5) is 0. The third-order valence-corrected chi connectivity index (χ3v) is 4.58. The first-order valence-corrected chi connectivity index (χ1v) is 7.12. The van der Waals surface area contributed by atoms with Crippen LogP contribution < -0.4 is 5.32 Å². The van der Waals surface area contributed by atoms with E-state index in [1.165, 1.54) is 42.1 Å². The maximum atomic E-state index is 3.75. The second-order valence-corrected chi connectivity index (χ2v) is 6.13. The molecule has 2 heteroatoms. The van der Waals surface area contributed by atoms with Gasteiger partial charge in [0.25, 0.3) is 0 Å². The summed E-state index contributed by atoms with van der Waals surface area (Å²) < 4.78 is 1.18. The topological polar surface area (TPSA) is 12.0 Å². The van der Waals surface area contributed by atoms with Crippen molar-refractivity contribution in [3.63, 3.8) is 0 Å². The van der Waals surface area contributed by atoms with Gasteiger partial charge >= 0.3 is 0 Å². The first kappa shape index (κ1) is 10.8. The van der Waals surface area contributed by atoms with Crippen molar-refractivity contribution in [3.8, 4) is 0 Å². The number of halogens is 1. The molecule has 2 fully saturated rings. The second-order valence-electron chi connectivity index (χ2n) is 5.21. The van der Waals surface area contributed by atoms with Crippen molar-refractivity contribution in [1.29, 1.82) is 0 Å². The van der Waals surface area contributed by atoms with Crippen LogP contribution in [0.1, 0.15) is 43.6 Å². The van der Waals surface area contributed by atoms with Crippen molar-refractivity contribution in [2.45, 2.75) is 50.1 Å². The molecule has 0 atom stereocenters. The molecule has 2 aliphatic carbocycles. The number of benzene rings is 1. The van der Waals surface area contributed by atoms with Gasteiger partial charge in [-0.25, -0.2) is 0 Å².